The van der Waals surface area contributed by atoms with Crippen molar-refractivity contribution in [3.8, 4) is 0 Å². The standard InChI is InChI=1S/C14H19N3O4/c1-9-4-3-5-10(16-9)6-15-13(20)17-11-7-21-8-14(11,2)12(18)19/h3-5,11H,6-8H2,1-2H3,(H,18,19)(H2,15,17,20). The molecule has 7 heteroatoms. The van der Waals surface area contributed by atoms with Crippen LogP contribution in [0.4, 0.5) is 4.79 Å². The summed E-state index contributed by atoms with van der Waals surface area (Å²) in [4.78, 5) is 27.4. The van der Waals surface area contributed by atoms with Gasteiger partial charge in [0.25, 0.3) is 0 Å². The molecule has 1 fully saturated rings. The molecule has 0 radical (unpaired) electrons. The lowest BCUT2D eigenvalue weighted by Crippen LogP contribution is -2.52. The predicted octanol–water partition coefficient (Wildman–Crippen LogP) is 0.679. The van der Waals surface area contributed by atoms with Gasteiger partial charge in [0, 0.05) is 5.69 Å². The van der Waals surface area contributed by atoms with Gasteiger partial charge in [-0.2, -0.15) is 0 Å². The Balaban J connectivity index is 1.89. The molecule has 2 unspecified atom stereocenters. The van der Waals surface area contributed by atoms with E-state index in [1.54, 1.807) is 6.92 Å². The van der Waals surface area contributed by atoms with E-state index in [2.05, 4.69) is 15.6 Å². The molecule has 0 saturated carbocycles. The van der Waals surface area contributed by atoms with Crippen molar-refractivity contribution in [1.82, 2.24) is 15.6 Å². The van der Waals surface area contributed by atoms with Crippen molar-refractivity contribution >= 4 is 12.0 Å². The van der Waals surface area contributed by atoms with E-state index in [1.165, 1.54) is 0 Å². The minimum Gasteiger partial charge on any atom is -0.481 e. The fourth-order valence-corrected chi connectivity index (χ4v) is 2.16. The van der Waals surface area contributed by atoms with E-state index in [0.29, 0.717) is 0 Å². The van der Waals surface area contributed by atoms with Crippen LogP contribution >= 0.6 is 0 Å². The number of hydrogen-bond donors (Lipinski definition) is 3. The highest BCUT2D eigenvalue weighted by Crippen LogP contribution is 2.28. The number of rotatable bonds is 4. The summed E-state index contributed by atoms with van der Waals surface area (Å²) < 4.78 is 5.18. The number of carbonyl (C=O) groups excluding carboxylic acids is 1. The molecule has 1 aromatic rings. The van der Waals surface area contributed by atoms with Gasteiger partial charge in [-0.15, -0.1) is 0 Å². The molecule has 2 rings (SSSR count). The normalized spacial score (nSPS) is 24.6. The Bertz CT molecular complexity index is 549. The van der Waals surface area contributed by atoms with Crippen LogP contribution in [0.1, 0.15) is 18.3 Å². The number of aryl methyl sites for hydroxylation is 1. The third kappa shape index (κ3) is 3.49. The van der Waals surface area contributed by atoms with Gasteiger partial charge in [0.1, 0.15) is 5.41 Å². The zero-order valence-corrected chi connectivity index (χ0v) is 12.0. The summed E-state index contributed by atoms with van der Waals surface area (Å²) in [6, 6.07) is 4.57. The number of hydrogen-bond acceptors (Lipinski definition) is 4. The minimum absolute atomic E-state index is 0.0900. The summed E-state index contributed by atoms with van der Waals surface area (Å²) >= 11 is 0. The van der Waals surface area contributed by atoms with E-state index in [9.17, 15) is 14.7 Å². The SMILES string of the molecule is Cc1cccc(CNC(=O)NC2COCC2(C)C(=O)O)n1. The van der Waals surface area contributed by atoms with Crippen LogP contribution in [0, 0.1) is 12.3 Å². The molecule has 0 bridgehead atoms. The number of ether oxygens (including phenoxy) is 1. The maximum Gasteiger partial charge on any atom is 0.315 e. The Hall–Kier alpha value is -2.15. The molecule has 1 aliphatic rings. The van der Waals surface area contributed by atoms with E-state index in [-0.39, 0.29) is 19.8 Å². The second-order valence-corrected chi connectivity index (χ2v) is 5.39. The van der Waals surface area contributed by atoms with Crippen molar-refractivity contribution in [2.45, 2.75) is 26.4 Å². The Labute approximate surface area is 122 Å². The van der Waals surface area contributed by atoms with Crippen LogP contribution in [0.5, 0.6) is 0 Å². The van der Waals surface area contributed by atoms with Crippen molar-refractivity contribution in [3.05, 3.63) is 29.6 Å². The number of aromatic nitrogens is 1. The first-order valence-electron chi connectivity index (χ1n) is 6.70. The van der Waals surface area contributed by atoms with Crippen LogP contribution in [0.15, 0.2) is 18.2 Å². The van der Waals surface area contributed by atoms with E-state index >= 15 is 0 Å². The van der Waals surface area contributed by atoms with E-state index in [1.807, 2.05) is 25.1 Å². The molecular weight excluding hydrogens is 274 g/mol. The van der Waals surface area contributed by atoms with Crippen molar-refractivity contribution in [2.24, 2.45) is 5.41 Å². The molecule has 1 aromatic heterocycles. The second-order valence-electron chi connectivity index (χ2n) is 5.39. The van der Waals surface area contributed by atoms with Gasteiger partial charge in [-0.3, -0.25) is 9.78 Å². The minimum atomic E-state index is -1.10. The summed E-state index contributed by atoms with van der Waals surface area (Å²) in [5, 5.41) is 14.6. The fourth-order valence-electron chi connectivity index (χ4n) is 2.16. The van der Waals surface area contributed by atoms with Gasteiger partial charge in [-0.05, 0) is 26.0 Å². The third-order valence-corrected chi connectivity index (χ3v) is 3.63. The maximum atomic E-state index is 11.9. The Kier molecular flexibility index (Phi) is 4.42. The summed E-state index contributed by atoms with van der Waals surface area (Å²) in [7, 11) is 0. The molecule has 2 heterocycles. The van der Waals surface area contributed by atoms with Gasteiger partial charge in [0.05, 0.1) is 31.5 Å². The van der Waals surface area contributed by atoms with Crippen molar-refractivity contribution in [1.29, 1.82) is 0 Å². The number of carbonyl (C=O) groups is 2. The quantitative estimate of drug-likeness (QED) is 0.758. The molecule has 114 valence electrons. The molecule has 21 heavy (non-hydrogen) atoms. The van der Waals surface area contributed by atoms with Crippen LogP contribution < -0.4 is 10.6 Å². The van der Waals surface area contributed by atoms with Gasteiger partial charge in [-0.25, -0.2) is 4.79 Å². The molecule has 0 aliphatic carbocycles. The molecule has 3 N–H and O–H groups in total. The van der Waals surface area contributed by atoms with Gasteiger partial charge in [0.15, 0.2) is 0 Å². The Morgan fingerprint density at radius 2 is 2.29 bits per heavy atom. The average molecular weight is 293 g/mol. The number of urea groups is 1. The van der Waals surface area contributed by atoms with Crippen LogP contribution in [0.2, 0.25) is 0 Å². The van der Waals surface area contributed by atoms with Gasteiger partial charge in [-0.1, -0.05) is 6.07 Å². The second kappa shape index (κ2) is 6.09. The Morgan fingerprint density at radius 3 is 2.95 bits per heavy atom. The molecule has 7 nitrogen and oxygen atoms in total. The van der Waals surface area contributed by atoms with Gasteiger partial charge < -0.3 is 20.5 Å². The van der Waals surface area contributed by atoms with Gasteiger partial charge >= 0.3 is 12.0 Å². The van der Waals surface area contributed by atoms with Crippen LogP contribution in [-0.2, 0) is 16.1 Å². The summed E-state index contributed by atoms with van der Waals surface area (Å²) in [5.74, 6) is -0.981. The molecule has 2 amide bonds. The molecular formula is C14H19N3O4. The first-order chi connectivity index (χ1) is 9.91. The van der Waals surface area contributed by atoms with Crippen molar-refractivity contribution < 1.29 is 19.4 Å². The number of carboxylic acid groups (broad SMARTS) is 1. The molecule has 1 saturated heterocycles. The largest absolute Gasteiger partial charge is 0.481 e. The Morgan fingerprint density at radius 1 is 1.52 bits per heavy atom. The summed E-state index contributed by atoms with van der Waals surface area (Å²) in [5.41, 5.74) is 0.519. The topological polar surface area (TPSA) is 101 Å². The van der Waals surface area contributed by atoms with E-state index in [0.717, 1.165) is 11.4 Å². The highest BCUT2D eigenvalue weighted by atomic mass is 16.5. The lowest BCUT2D eigenvalue weighted by Gasteiger charge is -2.25. The first kappa shape index (κ1) is 15.2. The van der Waals surface area contributed by atoms with Gasteiger partial charge in [0.2, 0.25) is 0 Å². The number of carboxylic acids is 1. The number of amides is 2. The molecule has 1 aliphatic heterocycles. The highest BCUT2D eigenvalue weighted by Gasteiger charge is 2.47. The lowest BCUT2D eigenvalue weighted by atomic mass is 9.85. The average Bonchev–Trinajstić information content (AvgIpc) is 2.79. The monoisotopic (exact) mass is 293 g/mol. The van der Waals surface area contributed by atoms with E-state index in [4.69, 9.17) is 4.74 Å². The summed E-state index contributed by atoms with van der Waals surface area (Å²) in [6.45, 7) is 4.00. The smallest absolute Gasteiger partial charge is 0.315 e. The highest BCUT2D eigenvalue weighted by molar-refractivity contribution is 5.79. The predicted molar refractivity (Wildman–Crippen MR) is 74.7 cm³/mol. The molecule has 0 aromatic carbocycles. The first-order valence-corrected chi connectivity index (χ1v) is 6.70. The molecule has 2 atom stereocenters. The maximum absolute atomic E-state index is 11.9. The number of nitrogens with zero attached hydrogens (tertiary/aromatic N) is 1. The third-order valence-electron chi connectivity index (χ3n) is 3.63. The number of pyridine rings is 1. The number of nitrogens with one attached hydrogen (secondary N) is 2. The van der Waals surface area contributed by atoms with Crippen LogP contribution in [0.3, 0.4) is 0 Å². The van der Waals surface area contributed by atoms with Crippen molar-refractivity contribution in [2.75, 3.05) is 13.2 Å². The van der Waals surface area contributed by atoms with E-state index < -0.39 is 23.5 Å². The molecule has 0 spiro atoms. The number of aliphatic carboxylic acids is 1. The van der Waals surface area contributed by atoms with Crippen molar-refractivity contribution in [3.63, 3.8) is 0 Å². The fraction of sp³-hybridized carbons (Fsp3) is 0.500. The zero-order valence-electron chi connectivity index (χ0n) is 12.0. The zero-order chi connectivity index (χ0) is 15.5. The van der Waals surface area contributed by atoms with Crippen LogP contribution in [0.25, 0.3) is 0 Å². The van der Waals surface area contributed by atoms with Crippen LogP contribution in [-0.4, -0.2) is 41.3 Å². The summed E-state index contributed by atoms with van der Waals surface area (Å²) in [6.07, 6.45) is 0. The lowest BCUT2D eigenvalue weighted by molar-refractivity contribution is -0.148.